The molecule has 1 heterocycles. The fourth-order valence-corrected chi connectivity index (χ4v) is 2.68. The van der Waals surface area contributed by atoms with Crippen LogP contribution in [0.25, 0.3) is 0 Å². The van der Waals surface area contributed by atoms with Crippen molar-refractivity contribution in [3.8, 4) is 0 Å². The van der Waals surface area contributed by atoms with Gasteiger partial charge in [0.1, 0.15) is 0 Å². The van der Waals surface area contributed by atoms with Crippen molar-refractivity contribution in [1.29, 1.82) is 0 Å². The van der Waals surface area contributed by atoms with Crippen molar-refractivity contribution in [2.75, 3.05) is 6.61 Å². The predicted octanol–water partition coefficient (Wildman–Crippen LogP) is 4.18. The number of carbonyl (C=O) groups is 1. The lowest BCUT2D eigenvalue weighted by Gasteiger charge is -2.09. The molecular weight excluding hydrogens is 248 g/mol. The third kappa shape index (κ3) is 3.56. The maximum atomic E-state index is 12.0. The van der Waals surface area contributed by atoms with Gasteiger partial charge in [0.2, 0.25) is 0 Å². The Morgan fingerprint density at radius 3 is 3.00 bits per heavy atom. The summed E-state index contributed by atoms with van der Waals surface area (Å²) in [4.78, 5) is 12.0. The average molecular weight is 267 g/mol. The van der Waals surface area contributed by atoms with Gasteiger partial charge in [0.15, 0.2) is 5.78 Å². The molecule has 1 aromatic carbocycles. The van der Waals surface area contributed by atoms with Crippen molar-refractivity contribution in [3.05, 3.63) is 34.3 Å². The summed E-state index contributed by atoms with van der Waals surface area (Å²) in [6, 6.07) is 5.60. The molecule has 2 nitrogen and oxygen atoms in total. The number of rotatable bonds is 5. The Morgan fingerprint density at radius 1 is 1.50 bits per heavy atom. The van der Waals surface area contributed by atoms with Crippen LogP contribution in [0, 0.1) is 6.92 Å². The molecule has 1 fully saturated rings. The lowest BCUT2D eigenvalue weighted by atomic mass is 10.0. The van der Waals surface area contributed by atoms with Crippen LogP contribution >= 0.6 is 11.6 Å². The van der Waals surface area contributed by atoms with E-state index < -0.39 is 0 Å². The van der Waals surface area contributed by atoms with E-state index in [1.165, 1.54) is 0 Å². The van der Waals surface area contributed by atoms with Gasteiger partial charge in [-0.1, -0.05) is 17.7 Å². The third-order valence-electron chi connectivity index (χ3n) is 3.38. The minimum Gasteiger partial charge on any atom is -0.378 e. The highest BCUT2D eigenvalue weighted by Crippen LogP contribution is 2.22. The molecule has 2 rings (SSSR count). The molecule has 0 amide bonds. The van der Waals surface area contributed by atoms with E-state index in [9.17, 15) is 4.79 Å². The monoisotopic (exact) mass is 266 g/mol. The number of halogens is 1. The molecule has 0 saturated carbocycles. The van der Waals surface area contributed by atoms with Crippen molar-refractivity contribution in [2.24, 2.45) is 0 Å². The molecule has 0 radical (unpaired) electrons. The van der Waals surface area contributed by atoms with Gasteiger partial charge in [0.05, 0.1) is 11.1 Å². The largest absolute Gasteiger partial charge is 0.378 e. The number of Topliss-reactive ketones (excluding diaryl/α,β-unsaturated/α-hetero) is 1. The zero-order chi connectivity index (χ0) is 13.0. The highest BCUT2D eigenvalue weighted by atomic mass is 35.5. The third-order valence-corrected chi connectivity index (χ3v) is 3.69. The van der Waals surface area contributed by atoms with Crippen LogP contribution in [-0.4, -0.2) is 18.5 Å². The summed E-state index contributed by atoms with van der Waals surface area (Å²) in [7, 11) is 0. The first-order valence-electron chi connectivity index (χ1n) is 6.58. The Kier molecular flexibility index (Phi) is 4.79. The van der Waals surface area contributed by atoms with E-state index in [0.29, 0.717) is 23.1 Å². The Balaban J connectivity index is 1.83. The van der Waals surface area contributed by atoms with Gasteiger partial charge < -0.3 is 4.74 Å². The predicted molar refractivity (Wildman–Crippen MR) is 73.3 cm³/mol. The number of aryl methyl sites for hydroxylation is 1. The van der Waals surface area contributed by atoms with Gasteiger partial charge in [-0.05, 0) is 50.3 Å². The Hall–Kier alpha value is -0.860. The molecule has 1 saturated heterocycles. The van der Waals surface area contributed by atoms with Crippen molar-refractivity contribution in [3.63, 3.8) is 0 Å². The SMILES string of the molecule is Cc1ccc(C(=O)CCCC2CCCO2)c(Cl)c1. The number of carbonyl (C=O) groups excluding carboxylic acids is 1. The summed E-state index contributed by atoms with van der Waals surface area (Å²) < 4.78 is 5.54. The maximum Gasteiger partial charge on any atom is 0.164 e. The van der Waals surface area contributed by atoms with Crippen LogP contribution < -0.4 is 0 Å². The van der Waals surface area contributed by atoms with Gasteiger partial charge in [-0.2, -0.15) is 0 Å². The summed E-state index contributed by atoms with van der Waals surface area (Å²) in [5, 5.41) is 0.567. The van der Waals surface area contributed by atoms with Crippen molar-refractivity contribution >= 4 is 17.4 Å². The summed E-state index contributed by atoms with van der Waals surface area (Å²) >= 11 is 6.08. The summed E-state index contributed by atoms with van der Waals surface area (Å²) in [5.74, 6) is 0.137. The summed E-state index contributed by atoms with van der Waals surface area (Å²) in [5.41, 5.74) is 1.73. The smallest absolute Gasteiger partial charge is 0.164 e. The van der Waals surface area contributed by atoms with Crippen LogP contribution in [0.1, 0.15) is 48.0 Å². The van der Waals surface area contributed by atoms with Crippen LogP contribution in [-0.2, 0) is 4.74 Å². The Bertz CT molecular complexity index is 423. The lowest BCUT2D eigenvalue weighted by Crippen LogP contribution is -2.07. The molecule has 98 valence electrons. The second-order valence-electron chi connectivity index (χ2n) is 4.93. The highest BCUT2D eigenvalue weighted by molar-refractivity contribution is 6.34. The number of ether oxygens (including phenoxy) is 1. The summed E-state index contributed by atoms with van der Waals surface area (Å²) in [6.45, 7) is 2.85. The molecule has 18 heavy (non-hydrogen) atoms. The molecule has 1 unspecified atom stereocenters. The van der Waals surface area contributed by atoms with Gasteiger partial charge in [-0.25, -0.2) is 0 Å². The first-order chi connectivity index (χ1) is 8.66. The van der Waals surface area contributed by atoms with E-state index >= 15 is 0 Å². The van der Waals surface area contributed by atoms with Gasteiger partial charge in [-0.15, -0.1) is 0 Å². The van der Waals surface area contributed by atoms with E-state index in [0.717, 1.165) is 37.9 Å². The maximum absolute atomic E-state index is 12.0. The van der Waals surface area contributed by atoms with Crippen molar-refractivity contribution in [1.82, 2.24) is 0 Å². The fraction of sp³-hybridized carbons (Fsp3) is 0.533. The Morgan fingerprint density at radius 2 is 2.33 bits per heavy atom. The standard InChI is InChI=1S/C15H19ClO2/c1-11-7-8-13(14(16)10-11)15(17)6-2-4-12-5-3-9-18-12/h7-8,10,12H,2-6,9H2,1H3. The van der Waals surface area contributed by atoms with E-state index in [-0.39, 0.29) is 5.78 Å². The molecule has 0 aromatic heterocycles. The van der Waals surface area contributed by atoms with Crippen molar-refractivity contribution < 1.29 is 9.53 Å². The van der Waals surface area contributed by atoms with Gasteiger partial charge in [-0.3, -0.25) is 4.79 Å². The number of hydrogen-bond donors (Lipinski definition) is 0. The minimum atomic E-state index is 0.137. The van der Waals surface area contributed by atoms with E-state index in [2.05, 4.69) is 0 Å². The van der Waals surface area contributed by atoms with Gasteiger partial charge in [0, 0.05) is 18.6 Å². The quantitative estimate of drug-likeness (QED) is 0.748. The second kappa shape index (κ2) is 6.35. The van der Waals surface area contributed by atoms with Crippen molar-refractivity contribution in [2.45, 2.75) is 45.1 Å². The first kappa shape index (κ1) is 13.6. The van der Waals surface area contributed by atoms with Crippen LogP contribution in [0.5, 0.6) is 0 Å². The van der Waals surface area contributed by atoms with Crippen LogP contribution in [0.2, 0.25) is 5.02 Å². The zero-order valence-electron chi connectivity index (χ0n) is 10.7. The van der Waals surface area contributed by atoms with E-state index in [4.69, 9.17) is 16.3 Å². The topological polar surface area (TPSA) is 26.3 Å². The van der Waals surface area contributed by atoms with Crippen LogP contribution in [0.3, 0.4) is 0 Å². The van der Waals surface area contributed by atoms with E-state index in [1.54, 1.807) is 0 Å². The molecule has 1 atom stereocenters. The van der Waals surface area contributed by atoms with E-state index in [1.807, 2.05) is 25.1 Å². The van der Waals surface area contributed by atoms with Crippen LogP contribution in [0.15, 0.2) is 18.2 Å². The molecule has 0 bridgehead atoms. The minimum absolute atomic E-state index is 0.137. The normalized spacial score (nSPS) is 19.1. The average Bonchev–Trinajstić information content (AvgIpc) is 2.81. The number of benzene rings is 1. The summed E-state index contributed by atoms with van der Waals surface area (Å²) in [6.07, 6.45) is 5.08. The fourth-order valence-electron chi connectivity index (χ4n) is 2.34. The van der Waals surface area contributed by atoms with Gasteiger partial charge >= 0.3 is 0 Å². The number of ketones is 1. The van der Waals surface area contributed by atoms with Crippen LogP contribution in [0.4, 0.5) is 0 Å². The molecule has 3 heteroatoms. The first-order valence-corrected chi connectivity index (χ1v) is 6.95. The number of hydrogen-bond acceptors (Lipinski definition) is 2. The molecule has 1 aliphatic heterocycles. The Labute approximate surface area is 113 Å². The zero-order valence-corrected chi connectivity index (χ0v) is 11.5. The molecule has 0 spiro atoms. The molecular formula is C15H19ClO2. The second-order valence-corrected chi connectivity index (χ2v) is 5.34. The highest BCUT2D eigenvalue weighted by Gasteiger charge is 2.16. The molecule has 1 aromatic rings. The molecule has 0 aliphatic carbocycles. The van der Waals surface area contributed by atoms with Gasteiger partial charge in [0.25, 0.3) is 0 Å². The molecule has 0 N–H and O–H groups in total. The molecule has 1 aliphatic rings. The lowest BCUT2D eigenvalue weighted by molar-refractivity contribution is 0.0923.